The molecule has 6 heteroatoms. The number of aromatic nitrogens is 3. The third-order valence-electron chi connectivity index (χ3n) is 5.17. The Balaban J connectivity index is 1.47. The van der Waals surface area contributed by atoms with Crippen molar-refractivity contribution >= 4 is 5.91 Å². The first-order valence-electron chi connectivity index (χ1n) is 8.58. The highest BCUT2D eigenvalue weighted by molar-refractivity contribution is 5.94. The van der Waals surface area contributed by atoms with E-state index in [1.165, 1.54) is 0 Å². The second kappa shape index (κ2) is 6.02. The third kappa shape index (κ3) is 2.71. The van der Waals surface area contributed by atoms with Crippen LogP contribution in [0, 0.1) is 5.41 Å². The van der Waals surface area contributed by atoms with Crippen molar-refractivity contribution in [2.45, 2.75) is 26.2 Å². The number of carbonyl (C=O) groups excluding carboxylic acids is 1. The summed E-state index contributed by atoms with van der Waals surface area (Å²) in [7, 11) is 0. The largest absolute Gasteiger partial charge is 0.381 e. The van der Waals surface area contributed by atoms with Crippen molar-refractivity contribution < 1.29 is 9.53 Å². The van der Waals surface area contributed by atoms with Crippen LogP contribution in [0.25, 0.3) is 11.4 Å². The van der Waals surface area contributed by atoms with Gasteiger partial charge in [0.1, 0.15) is 5.82 Å². The molecule has 1 amide bonds. The van der Waals surface area contributed by atoms with E-state index in [1.807, 2.05) is 36.1 Å². The van der Waals surface area contributed by atoms with Gasteiger partial charge in [0.2, 0.25) is 0 Å². The van der Waals surface area contributed by atoms with E-state index in [2.05, 4.69) is 15.2 Å². The van der Waals surface area contributed by atoms with Crippen LogP contribution < -0.4 is 0 Å². The van der Waals surface area contributed by atoms with Gasteiger partial charge in [-0.15, -0.1) is 0 Å². The predicted octanol–water partition coefficient (Wildman–Crippen LogP) is 2.29. The summed E-state index contributed by atoms with van der Waals surface area (Å²) in [5.41, 5.74) is 1.84. The van der Waals surface area contributed by atoms with Gasteiger partial charge in [-0.05, 0) is 25.0 Å². The summed E-state index contributed by atoms with van der Waals surface area (Å²) in [6.45, 7) is 5.29. The number of nitrogens with zero attached hydrogens (tertiary/aromatic N) is 3. The SMILES string of the molecule is CCc1nc(-c2ccc(C(=O)N3CCC4(CCOC4)C3)cc2)n[nH]1. The van der Waals surface area contributed by atoms with Crippen molar-refractivity contribution in [3.63, 3.8) is 0 Å². The van der Waals surface area contributed by atoms with Crippen LogP contribution in [0.15, 0.2) is 24.3 Å². The Morgan fingerprint density at radius 3 is 2.83 bits per heavy atom. The number of ether oxygens (including phenoxy) is 1. The molecule has 24 heavy (non-hydrogen) atoms. The highest BCUT2D eigenvalue weighted by Gasteiger charge is 2.42. The van der Waals surface area contributed by atoms with E-state index in [0.29, 0.717) is 5.82 Å². The van der Waals surface area contributed by atoms with Gasteiger partial charge in [0.15, 0.2) is 5.82 Å². The van der Waals surface area contributed by atoms with Crippen LogP contribution in [0.3, 0.4) is 0 Å². The molecule has 1 atom stereocenters. The molecule has 1 N–H and O–H groups in total. The Hall–Kier alpha value is -2.21. The van der Waals surface area contributed by atoms with E-state index < -0.39 is 0 Å². The number of H-pyrrole nitrogens is 1. The van der Waals surface area contributed by atoms with Gasteiger partial charge in [0, 0.05) is 42.7 Å². The average Bonchev–Trinajstić information content (AvgIpc) is 3.36. The number of aromatic amines is 1. The maximum Gasteiger partial charge on any atom is 0.253 e. The molecule has 1 aromatic heterocycles. The lowest BCUT2D eigenvalue weighted by atomic mass is 9.87. The highest BCUT2D eigenvalue weighted by atomic mass is 16.5. The van der Waals surface area contributed by atoms with E-state index in [1.54, 1.807) is 0 Å². The Kier molecular flexibility index (Phi) is 3.84. The smallest absolute Gasteiger partial charge is 0.253 e. The van der Waals surface area contributed by atoms with E-state index >= 15 is 0 Å². The Labute approximate surface area is 141 Å². The van der Waals surface area contributed by atoms with Gasteiger partial charge in [0.25, 0.3) is 5.91 Å². The molecule has 2 aliphatic rings. The minimum absolute atomic E-state index is 0.106. The highest BCUT2D eigenvalue weighted by Crippen LogP contribution is 2.38. The number of hydrogen-bond acceptors (Lipinski definition) is 4. The third-order valence-corrected chi connectivity index (χ3v) is 5.17. The summed E-state index contributed by atoms with van der Waals surface area (Å²) in [5.74, 6) is 1.65. The zero-order valence-electron chi connectivity index (χ0n) is 13.9. The lowest BCUT2D eigenvalue weighted by molar-refractivity contribution is 0.0765. The first kappa shape index (κ1) is 15.3. The van der Waals surface area contributed by atoms with Crippen molar-refractivity contribution in [3.8, 4) is 11.4 Å². The maximum atomic E-state index is 12.7. The fourth-order valence-electron chi connectivity index (χ4n) is 3.61. The molecule has 4 rings (SSSR count). The molecule has 1 unspecified atom stereocenters. The van der Waals surface area contributed by atoms with Gasteiger partial charge in [-0.1, -0.05) is 19.1 Å². The minimum atomic E-state index is 0.106. The van der Waals surface area contributed by atoms with E-state index in [9.17, 15) is 4.79 Å². The van der Waals surface area contributed by atoms with Crippen molar-refractivity contribution in [2.24, 2.45) is 5.41 Å². The number of nitrogens with one attached hydrogen (secondary N) is 1. The minimum Gasteiger partial charge on any atom is -0.381 e. The summed E-state index contributed by atoms with van der Waals surface area (Å²) in [4.78, 5) is 19.1. The molecule has 0 aliphatic carbocycles. The lowest BCUT2D eigenvalue weighted by Crippen LogP contribution is -2.32. The van der Waals surface area contributed by atoms with Crippen molar-refractivity contribution in [1.29, 1.82) is 0 Å². The van der Waals surface area contributed by atoms with Crippen LogP contribution in [0.5, 0.6) is 0 Å². The summed E-state index contributed by atoms with van der Waals surface area (Å²) >= 11 is 0. The van der Waals surface area contributed by atoms with Crippen LogP contribution in [0.1, 0.15) is 35.9 Å². The number of rotatable bonds is 3. The Bertz CT molecular complexity index is 732. The van der Waals surface area contributed by atoms with Gasteiger partial charge >= 0.3 is 0 Å². The summed E-state index contributed by atoms with van der Waals surface area (Å²) in [6, 6.07) is 7.58. The average molecular weight is 326 g/mol. The first-order chi connectivity index (χ1) is 11.7. The van der Waals surface area contributed by atoms with Crippen LogP contribution in [0.2, 0.25) is 0 Å². The molecule has 0 bridgehead atoms. The molecule has 0 radical (unpaired) electrons. The molecule has 2 aromatic rings. The summed E-state index contributed by atoms with van der Waals surface area (Å²) in [5, 5.41) is 7.13. The van der Waals surface area contributed by atoms with Gasteiger partial charge in [-0.2, -0.15) is 5.10 Å². The molecular weight excluding hydrogens is 304 g/mol. The predicted molar refractivity (Wildman–Crippen MR) is 89.6 cm³/mol. The zero-order valence-corrected chi connectivity index (χ0v) is 13.9. The fourth-order valence-corrected chi connectivity index (χ4v) is 3.61. The molecule has 0 saturated carbocycles. The van der Waals surface area contributed by atoms with E-state index in [4.69, 9.17) is 4.74 Å². The number of amides is 1. The monoisotopic (exact) mass is 326 g/mol. The second-order valence-electron chi connectivity index (χ2n) is 6.82. The van der Waals surface area contributed by atoms with E-state index in [0.717, 1.165) is 62.5 Å². The van der Waals surface area contributed by atoms with E-state index in [-0.39, 0.29) is 11.3 Å². The fraction of sp³-hybridized carbons (Fsp3) is 0.500. The zero-order chi connectivity index (χ0) is 16.6. The molecule has 2 fully saturated rings. The summed E-state index contributed by atoms with van der Waals surface area (Å²) < 4.78 is 5.54. The number of likely N-dealkylation sites (tertiary alicyclic amines) is 1. The molecular formula is C18H22N4O2. The quantitative estimate of drug-likeness (QED) is 0.939. The van der Waals surface area contributed by atoms with Crippen molar-refractivity contribution in [3.05, 3.63) is 35.7 Å². The van der Waals surface area contributed by atoms with Crippen LogP contribution in [-0.2, 0) is 11.2 Å². The molecule has 1 aromatic carbocycles. The number of aryl methyl sites for hydroxylation is 1. The van der Waals surface area contributed by atoms with Crippen molar-refractivity contribution in [1.82, 2.24) is 20.1 Å². The van der Waals surface area contributed by atoms with Crippen LogP contribution in [0.4, 0.5) is 0 Å². The maximum absolute atomic E-state index is 12.7. The van der Waals surface area contributed by atoms with Gasteiger partial charge in [0.05, 0.1) is 6.61 Å². The van der Waals surface area contributed by atoms with Gasteiger partial charge in [-0.3, -0.25) is 9.89 Å². The topological polar surface area (TPSA) is 71.1 Å². The molecule has 6 nitrogen and oxygen atoms in total. The number of carbonyl (C=O) groups is 1. The molecule has 1 spiro atoms. The molecule has 126 valence electrons. The summed E-state index contributed by atoms with van der Waals surface area (Å²) in [6.07, 6.45) is 2.94. The number of benzene rings is 1. The van der Waals surface area contributed by atoms with Crippen LogP contribution in [-0.4, -0.2) is 52.3 Å². The van der Waals surface area contributed by atoms with Gasteiger partial charge in [-0.25, -0.2) is 4.98 Å². The first-order valence-corrected chi connectivity index (χ1v) is 8.58. The Morgan fingerprint density at radius 2 is 2.17 bits per heavy atom. The van der Waals surface area contributed by atoms with Gasteiger partial charge < -0.3 is 9.64 Å². The van der Waals surface area contributed by atoms with Crippen LogP contribution >= 0.6 is 0 Å². The molecule has 2 saturated heterocycles. The lowest BCUT2D eigenvalue weighted by Gasteiger charge is -2.22. The molecule has 3 heterocycles. The number of hydrogen-bond donors (Lipinski definition) is 1. The van der Waals surface area contributed by atoms with Crippen molar-refractivity contribution in [2.75, 3.05) is 26.3 Å². The standard InChI is InChI=1S/C18H22N4O2/c1-2-15-19-16(21-20-15)13-3-5-14(6-4-13)17(23)22-9-7-18(11-22)8-10-24-12-18/h3-6H,2,7-12H2,1H3,(H,19,20,21). The second-order valence-corrected chi connectivity index (χ2v) is 6.82. The molecule has 2 aliphatic heterocycles. The normalized spacial score (nSPS) is 23.3. The Morgan fingerprint density at radius 1 is 1.33 bits per heavy atom.